The Morgan fingerprint density at radius 2 is 1.80 bits per heavy atom. The second-order valence-electron chi connectivity index (χ2n) is 6.67. The summed E-state index contributed by atoms with van der Waals surface area (Å²) in [6, 6.07) is 16.4. The van der Waals surface area contributed by atoms with Gasteiger partial charge in [-0.15, -0.1) is 0 Å². The molecule has 1 heterocycles. The molecule has 0 radical (unpaired) electrons. The molecule has 0 aromatic heterocycles. The molecule has 3 N–H and O–H groups in total. The second kappa shape index (κ2) is 7.87. The molecule has 1 aliphatic rings. The minimum absolute atomic E-state index is 0.212. The number of phenolic OH excluding ortho intramolecular Hbond substituents is 1. The minimum atomic E-state index is -1.07. The van der Waals surface area contributed by atoms with Crippen molar-refractivity contribution in [2.24, 2.45) is 0 Å². The number of aromatic hydroxyl groups is 1. The van der Waals surface area contributed by atoms with Crippen LogP contribution in [0.1, 0.15) is 12.0 Å². The van der Waals surface area contributed by atoms with E-state index in [2.05, 4.69) is 4.90 Å². The van der Waals surface area contributed by atoms with Gasteiger partial charge in [-0.05, 0) is 36.2 Å². The Bertz CT molecular complexity index is 661. The summed E-state index contributed by atoms with van der Waals surface area (Å²) in [6.07, 6.45) is 0.213. The third-order valence-electron chi connectivity index (χ3n) is 4.78. The number of ether oxygens (including phenoxy) is 1. The third-order valence-corrected chi connectivity index (χ3v) is 4.78. The molecule has 0 bridgehead atoms. The average molecular weight is 343 g/mol. The van der Waals surface area contributed by atoms with Gasteiger partial charge in [-0.3, -0.25) is 4.90 Å². The highest BCUT2D eigenvalue weighted by molar-refractivity contribution is 5.30. The van der Waals surface area contributed by atoms with E-state index in [0.717, 1.165) is 12.1 Å². The maximum atomic E-state index is 10.8. The molecule has 0 aliphatic carbocycles. The van der Waals surface area contributed by atoms with Crippen molar-refractivity contribution in [3.8, 4) is 11.5 Å². The number of phenols is 1. The molecule has 2 aromatic carbocycles. The van der Waals surface area contributed by atoms with E-state index in [1.54, 1.807) is 24.3 Å². The number of nitrogens with zero attached hydrogens (tertiary/aromatic N) is 1. The lowest BCUT2D eigenvalue weighted by Crippen LogP contribution is -2.57. The first-order valence-corrected chi connectivity index (χ1v) is 8.64. The predicted molar refractivity (Wildman–Crippen MR) is 95.8 cm³/mol. The first-order valence-electron chi connectivity index (χ1n) is 8.64. The van der Waals surface area contributed by atoms with E-state index in [-0.39, 0.29) is 5.75 Å². The van der Waals surface area contributed by atoms with Crippen LogP contribution in [0.2, 0.25) is 0 Å². The molecular weight excluding hydrogens is 318 g/mol. The highest BCUT2D eigenvalue weighted by atomic mass is 16.5. The van der Waals surface area contributed by atoms with Gasteiger partial charge in [0.15, 0.2) is 0 Å². The minimum Gasteiger partial charge on any atom is -0.508 e. The molecule has 134 valence electrons. The molecule has 0 spiro atoms. The van der Waals surface area contributed by atoms with Gasteiger partial charge in [-0.25, -0.2) is 0 Å². The van der Waals surface area contributed by atoms with Crippen molar-refractivity contribution in [1.82, 2.24) is 4.90 Å². The van der Waals surface area contributed by atoms with Gasteiger partial charge in [-0.1, -0.05) is 30.3 Å². The maximum Gasteiger partial charge on any atom is 0.119 e. The fraction of sp³-hybridized carbons (Fsp3) is 0.400. The molecule has 2 unspecified atom stereocenters. The molecule has 25 heavy (non-hydrogen) atoms. The lowest BCUT2D eigenvalue weighted by atomic mass is 9.83. The molecule has 1 aliphatic heterocycles. The van der Waals surface area contributed by atoms with Gasteiger partial charge in [-0.2, -0.15) is 0 Å². The molecule has 2 aromatic rings. The summed E-state index contributed by atoms with van der Waals surface area (Å²) >= 11 is 0. The predicted octanol–water partition coefficient (Wildman–Crippen LogP) is 1.81. The van der Waals surface area contributed by atoms with E-state index in [4.69, 9.17) is 4.74 Å². The molecule has 5 nitrogen and oxygen atoms in total. The van der Waals surface area contributed by atoms with E-state index in [1.165, 1.54) is 0 Å². The van der Waals surface area contributed by atoms with Crippen LogP contribution in [0.4, 0.5) is 0 Å². The molecule has 1 fully saturated rings. The van der Waals surface area contributed by atoms with E-state index in [1.807, 2.05) is 30.3 Å². The van der Waals surface area contributed by atoms with Crippen molar-refractivity contribution in [1.29, 1.82) is 0 Å². The number of aliphatic hydroxyl groups excluding tert-OH is 1. The highest BCUT2D eigenvalue weighted by Gasteiger charge is 2.40. The van der Waals surface area contributed by atoms with Gasteiger partial charge in [0.2, 0.25) is 0 Å². The Labute approximate surface area is 148 Å². The summed E-state index contributed by atoms with van der Waals surface area (Å²) in [6.45, 7) is 2.33. The van der Waals surface area contributed by atoms with Crippen LogP contribution in [0.25, 0.3) is 0 Å². The number of β-amino-alcohol motifs (C(OH)–C–C–N with tert-alkyl or cyclic N) is 1. The second-order valence-corrected chi connectivity index (χ2v) is 6.67. The van der Waals surface area contributed by atoms with Gasteiger partial charge in [0, 0.05) is 26.1 Å². The van der Waals surface area contributed by atoms with E-state index >= 15 is 0 Å². The van der Waals surface area contributed by atoms with Crippen LogP contribution in [0.3, 0.4) is 0 Å². The standard InChI is InChI=1S/C20H25NO4/c22-17-6-8-18(9-7-17)25-13-12-21-11-10-20(24,19(23)15-21)14-16-4-2-1-3-5-16/h1-9,19,22-24H,10-15H2. The zero-order chi connectivity index (χ0) is 17.7. The first-order chi connectivity index (χ1) is 12.0. The first kappa shape index (κ1) is 17.7. The topological polar surface area (TPSA) is 73.2 Å². The van der Waals surface area contributed by atoms with Crippen LogP contribution < -0.4 is 4.74 Å². The number of rotatable bonds is 6. The number of likely N-dealkylation sites (tertiary alicyclic amines) is 1. The van der Waals surface area contributed by atoms with Crippen LogP contribution in [0.15, 0.2) is 54.6 Å². The number of benzene rings is 2. The highest BCUT2D eigenvalue weighted by Crippen LogP contribution is 2.27. The van der Waals surface area contributed by atoms with Gasteiger partial charge >= 0.3 is 0 Å². The molecule has 2 atom stereocenters. The van der Waals surface area contributed by atoms with Crippen LogP contribution in [-0.4, -0.2) is 58.2 Å². The smallest absolute Gasteiger partial charge is 0.119 e. The Hall–Kier alpha value is -2.08. The summed E-state index contributed by atoms with van der Waals surface area (Å²) in [4.78, 5) is 2.10. The lowest BCUT2D eigenvalue weighted by molar-refractivity contribution is -0.119. The van der Waals surface area contributed by atoms with Crippen LogP contribution >= 0.6 is 0 Å². The Morgan fingerprint density at radius 1 is 1.08 bits per heavy atom. The van der Waals surface area contributed by atoms with Gasteiger partial charge in [0.25, 0.3) is 0 Å². The normalized spacial score (nSPS) is 24.2. The number of aliphatic hydroxyl groups is 2. The van der Waals surface area contributed by atoms with E-state index < -0.39 is 11.7 Å². The third kappa shape index (κ3) is 4.72. The molecule has 5 heteroatoms. The summed E-state index contributed by atoms with van der Waals surface area (Å²) < 4.78 is 5.65. The molecule has 0 amide bonds. The fourth-order valence-corrected chi connectivity index (χ4v) is 3.22. The summed E-state index contributed by atoms with van der Waals surface area (Å²) in [5.74, 6) is 0.917. The molecule has 1 saturated heterocycles. The van der Waals surface area contributed by atoms with Crippen molar-refractivity contribution in [3.63, 3.8) is 0 Å². The van der Waals surface area contributed by atoms with Crippen molar-refractivity contribution >= 4 is 0 Å². The van der Waals surface area contributed by atoms with Crippen molar-refractivity contribution in [3.05, 3.63) is 60.2 Å². The summed E-state index contributed by atoms with van der Waals surface area (Å²) in [5, 5.41) is 30.5. The Kier molecular flexibility index (Phi) is 5.58. The number of hydrogen-bond donors (Lipinski definition) is 3. The van der Waals surface area contributed by atoms with Crippen LogP contribution in [0, 0.1) is 0 Å². The zero-order valence-corrected chi connectivity index (χ0v) is 14.2. The van der Waals surface area contributed by atoms with E-state index in [0.29, 0.717) is 38.3 Å². The van der Waals surface area contributed by atoms with E-state index in [9.17, 15) is 15.3 Å². The van der Waals surface area contributed by atoms with Crippen molar-refractivity contribution in [2.75, 3.05) is 26.2 Å². The molecule has 0 saturated carbocycles. The lowest BCUT2D eigenvalue weighted by Gasteiger charge is -2.42. The quantitative estimate of drug-likeness (QED) is 0.746. The van der Waals surface area contributed by atoms with Crippen molar-refractivity contribution < 1.29 is 20.1 Å². The molecule has 3 rings (SSSR count). The number of hydrogen-bond acceptors (Lipinski definition) is 5. The molecular formula is C20H25NO4. The summed E-state index contributed by atoms with van der Waals surface area (Å²) in [5.41, 5.74) is -0.0384. The van der Waals surface area contributed by atoms with Crippen molar-refractivity contribution in [2.45, 2.75) is 24.5 Å². The largest absolute Gasteiger partial charge is 0.508 e. The fourth-order valence-electron chi connectivity index (χ4n) is 3.22. The Morgan fingerprint density at radius 3 is 2.48 bits per heavy atom. The SMILES string of the molecule is Oc1ccc(OCCN2CCC(O)(Cc3ccccc3)C(O)C2)cc1. The van der Waals surface area contributed by atoms with Crippen LogP contribution in [-0.2, 0) is 6.42 Å². The van der Waals surface area contributed by atoms with Gasteiger partial charge < -0.3 is 20.1 Å². The van der Waals surface area contributed by atoms with Gasteiger partial charge in [0.1, 0.15) is 18.1 Å². The van der Waals surface area contributed by atoms with Gasteiger partial charge in [0.05, 0.1) is 11.7 Å². The monoisotopic (exact) mass is 343 g/mol. The average Bonchev–Trinajstić information content (AvgIpc) is 2.61. The zero-order valence-electron chi connectivity index (χ0n) is 14.2. The Balaban J connectivity index is 1.47. The number of piperidine rings is 1. The summed E-state index contributed by atoms with van der Waals surface area (Å²) in [7, 11) is 0. The van der Waals surface area contributed by atoms with Crippen LogP contribution in [0.5, 0.6) is 11.5 Å². The maximum absolute atomic E-state index is 10.8.